The fraction of sp³-hybridized carbons (Fsp3) is 0.556. The number of aryl methyl sites for hydroxylation is 1. The average Bonchev–Trinajstić information content (AvgIpc) is 2.42. The highest BCUT2D eigenvalue weighted by atomic mass is 32.1. The van der Waals surface area contributed by atoms with E-state index in [4.69, 9.17) is 5.11 Å². The Bertz CT molecular complexity index is 344. The normalized spacial score (nSPS) is 18.1. The summed E-state index contributed by atoms with van der Waals surface area (Å²) < 4.78 is 0. The van der Waals surface area contributed by atoms with Gasteiger partial charge in [-0.2, -0.15) is 0 Å². The zero-order valence-electron chi connectivity index (χ0n) is 7.93. The smallest absolute Gasteiger partial charge is 0.309 e. The Hall–Kier alpha value is -0.940. The quantitative estimate of drug-likeness (QED) is 0.811. The van der Waals surface area contributed by atoms with Crippen LogP contribution in [0.2, 0.25) is 0 Å². The molecule has 76 valence electrons. The van der Waals surface area contributed by atoms with Gasteiger partial charge in [-0.05, 0) is 6.92 Å². The highest BCUT2D eigenvalue weighted by Gasteiger charge is 2.32. The second-order valence-corrected chi connectivity index (χ2v) is 4.65. The van der Waals surface area contributed by atoms with E-state index in [1.54, 1.807) is 11.3 Å². The summed E-state index contributed by atoms with van der Waals surface area (Å²) in [6.45, 7) is 4.08. The fourth-order valence-corrected chi connectivity index (χ4v) is 2.17. The minimum Gasteiger partial charge on any atom is -0.481 e. The van der Waals surface area contributed by atoms with Crippen molar-refractivity contribution in [3.05, 3.63) is 16.1 Å². The molecule has 1 saturated heterocycles. The number of hydrogen-bond acceptors (Lipinski definition) is 4. The molecule has 14 heavy (non-hydrogen) atoms. The lowest BCUT2D eigenvalue weighted by atomic mass is 10.0. The Kier molecular flexibility index (Phi) is 2.52. The summed E-state index contributed by atoms with van der Waals surface area (Å²) in [6.07, 6.45) is 0. The summed E-state index contributed by atoms with van der Waals surface area (Å²) in [4.78, 5) is 17.0. The first-order chi connectivity index (χ1) is 6.65. The van der Waals surface area contributed by atoms with Crippen LogP contribution in [-0.2, 0) is 11.3 Å². The van der Waals surface area contributed by atoms with Gasteiger partial charge in [0.15, 0.2) is 0 Å². The molecule has 0 atom stereocenters. The maximum Gasteiger partial charge on any atom is 0.309 e. The molecule has 0 aromatic carbocycles. The molecule has 2 heterocycles. The van der Waals surface area contributed by atoms with Gasteiger partial charge in [-0.25, -0.2) is 4.98 Å². The van der Waals surface area contributed by atoms with Gasteiger partial charge in [-0.1, -0.05) is 0 Å². The van der Waals surface area contributed by atoms with Gasteiger partial charge in [0.05, 0.1) is 16.6 Å². The van der Waals surface area contributed by atoms with E-state index in [0.29, 0.717) is 13.1 Å². The van der Waals surface area contributed by atoms with Crippen molar-refractivity contribution in [1.82, 2.24) is 9.88 Å². The Morgan fingerprint density at radius 3 is 3.00 bits per heavy atom. The summed E-state index contributed by atoms with van der Waals surface area (Å²) in [6, 6.07) is 0. The van der Waals surface area contributed by atoms with Crippen LogP contribution in [0.5, 0.6) is 0 Å². The molecule has 1 N–H and O–H groups in total. The van der Waals surface area contributed by atoms with E-state index < -0.39 is 5.97 Å². The second-order valence-electron chi connectivity index (χ2n) is 3.59. The summed E-state index contributed by atoms with van der Waals surface area (Å²) in [5.74, 6) is -0.856. The average molecular weight is 212 g/mol. The predicted molar refractivity (Wildman–Crippen MR) is 53.3 cm³/mol. The van der Waals surface area contributed by atoms with E-state index >= 15 is 0 Å². The SMILES string of the molecule is Cc1nc(CN2CC(C(=O)O)C2)cs1. The van der Waals surface area contributed by atoms with Gasteiger partial charge < -0.3 is 5.11 Å². The monoisotopic (exact) mass is 212 g/mol. The van der Waals surface area contributed by atoms with Gasteiger partial charge >= 0.3 is 5.97 Å². The molecule has 2 rings (SSSR count). The van der Waals surface area contributed by atoms with Crippen LogP contribution < -0.4 is 0 Å². The van der Waals surface area contributed by atoms with Crippen LogP contribution in [0.1, 0.15) is 10.7 Å². The Balaban J connectivity index is 1.82. The van der Waals surface area contributed by atoms with E-state index in [9.17, 15) is 4.79 Å². The number of carboxylic acids is 1. The predicted octanol–water partition coefficient (Wildman–Crippen LogP) is 0.968. The van der Waals surface area contributed by atoms with Crippen molar-refractivity contribution in [2.75, 3.05) is 13.1 Å². The molecular weight excluding hydrogens is 200 g/mol. The molecule has 1 aromatic heterocycles. The lowest BCUT2D eigenvalue weighted by Crippen LogP contribution is -2.49. The molecule has 5 heteroatoms. The van der Waals surface area contributed by atoms with Crippen LogP contribution >= 0.6 is 11.3 Å². The molecule has 0 unspecified atom stereocenters. The van der Waals surface area contributed by atoms with E-state index in [1.807, 2.05) is 12.3 Å². The molecule has 0 saturated carbocycles. The van der Waals surface area contributed by atoms with Gasteiger partial charge in [0.2, 0.25) is 0 Å². The number of nitrogens with zero attached hydrogens (tertiary/aromatic N) is 2. The van der Waals surface area contributed by atoms with E-state index in [1.165, 1.54) is 0 Å². The molecule has 4 nitrogen and oxygen atoms in total. The van der Waals surface area contributed by atoms with Crippen molar-refractivity contribution in [2.45, 2.75) is 13.5 Å². The van der Waals surface area contributed by atoms with Crippen molar-refractivity contribution in [3.63, 3.8) is 0 Å². The topological polar surface area (TPSA) is 53.4 Å². The van der Waals surface area contributed by atoms with Crippen molar-refractivity contribution >= 4 is 17.3 Å². The third-order valence-corrected chi connectivity index (χ3v) is 3.18. The first-order valence-corrected chi connectivity index (χ1v) is 5.39. The molecule has 0 bridgehead atoms. The van der Waals surface area contributed by atoms with Crippen LogP contribution in [0.15, 0.2) is 5.38 Å². The summed E-state index contributed by atoms with van der Waals surface area (Å²) in [5, 5.41) is 11.8. The maximum absolute atomic E-state index is 10.5. The molecular formula is C9H12N2O2S. The Morgan fingerprint density at radius 1 is 1.79 bits per heavy atom. The number of aliphatic carboxylic acids is 1. The number of hydrogen-bond donors (Lipinski definition) is 1. The number of carboxylic acid groups (broad SMARTS) is 1. The second kappa shape index (κ2) is 3.67. The lowest BCUT2D eigenvalue weighted by molar-refractivity contribution is -0.147. The van der Waals surface area contributed by atoms with Crippen LogP contribution in [0, 0.1) is 12.8 Å². The fourth-order valence-electron chi connectivity index (χ4n) is 1.57. The number of aromatic nitrogens is 1. The lowest BCUT2D eigenvalue weighted by Gasteiger charge is -2.35. The maximum atomic E-state index is 10.5. The van der Waals surface area contributed by atoms with E-state index in [-0.39, 0.29) is 5.92 Å². The number of rotatable bonds is 3. The third kappa shape index (κ3) is 1.93. The number of likely N-dealkylation sites (tertiary alicyclic amines) is 1. The molecule has 1 aliphatic rings. The molecule has 1 aromatic rings. The van der Waals surface area contributed by atoms with Gasteiger partial charge in [-0.15, -0.1) is 11.3 Å². The highest BCUT2D eigenvalue weighted by molar-refractivity contribution is 7.09. The van der Waals surface area contributed by atoms with Gasteiger partial charge in [0.1, 0.15) is 0 Å². The van der Waals surface area contributed by atoms with Crippen molar-refractivity contribution < 1.29 is 9.90 Å². The zero-order valence-corrected chi connectivity index (χ0v) is 8.75. The Labute approximate surface area is 86.2 Å². The van der Waals surface area contributed by atoms with Crippen molar-refractivity contribution in [2.24, 2.45) is 5.92 Å². The van der Waals surface area contributed by atoms with Gasteiger partial charge in [-0.3, -0.25) is 9.69 Å². The standard InChI is InChI=1S/C9H12N2O2S/c1-6-10-8(5-14-6)4-11-2-7(3-11)9(12)13/h5,7H,2-4H2,1H3,(H,12,13). The molecule has 1 aliphatic heterocycles. The highest BCUT2D eigenvalue weighted by Crippen LogP contribution is 2.19. The number of thiazole rings is 1. The number of carbonyl (C=O) groups is 1. The zero-order chi connectivity index (χ0) is 10.1. The van der Waals surface area contributed by atoms with Crippen molar-refractivity contribution in [1.29, 1.82) is 0 Å². The van der Waals surface area contributed by atoms with Crippen LogP contribution in [-0.4, -0.2) is 34.0 Å². The minimum absolute atomic E-state index is 0.172. The first kappa shape index (κ1) is 9.61. The van der Waals surface area contributed by atoms with Gasteiger partial charge in [0.25, 0.3) is 0 Å². The molecule has 0 amide bonds. The van der Waals surface area contributed by atoms with E-state index in [2.05, 4.69) is 9.88 Å². The van der Waals surface area contributed by atoms with E-state index in [0.717, 1.165) is 17.2 Å². The Morgan fingerprint density at radius 2 is 2.50 bits per heavy atom. The first-order valence-electron chi connectivity index (χ1n) is 4.51. The van der Waals surface area contributed by atoms with Crippen molar-refractivity contribution in [3.8, 4) is 0 Å². The molecule has 1 fully saturated rings. The van der Waals surface area contributed by atoms with Gasteiger partial charge in [0, 0.05) is 25.0 Å². The molecule has 0 aliphatic carbocycles. The molecule has 0 spiro atoms. The minimum atomic E-state index is -0.685. The largest absolute Gasteiger partial charge is 0.481 e. The summed E-state index contributed by atoms with van der Waals surface area (Å²) >= 11 is 1.63. The van der Waals surface area contributed by atoms with Crippen LogP contribution in [0.25, 0.3) is 0 Å². The third-order valence-electron chi connectivity index (χ3n) is 2.36. The van der Waals surface area contributed by atoms with Crippen LogP contribution in [0.4, 0.5) is 0 Å². The summed E-state index contributed by atoms with van der Waals surface area (Å²) in [7, 11) is 0. The molecule has 0 radical (unpaired) electrons. The van der Waals surface area contributed by atoms with Crippen LogP contribution in [0.3, 0.4) is 0 Å². The summed E-state index contributed by atoms with van der Waals surface area (Å²) in [5.41, 5.74) is 1.05.